The summed E-state index contributed by atoms with van der Waals surface area (Å²) in [6.07, 6.45) is -0.491. The van der Waals surface area contributed by atoms with E-state index in [9.17, 15) is 9.90 Å². The first kappa shape index (κ1) is 14.2. The maximum absolute atomic E-state index is 11.9. The molecule has 0 aromatic carbocycles. The van der Waals surface area contributed by atoms with Gasteiger partial charge in [-0.3, -0.25) is 0 Å². The van der Waals surface area contributed by atoms with Crippen LogP contribution in [0.25, 0.3) is 0 Å². The normalized spacial score (nSPS) is 25.1. The van der Waals surface area contributed by atoms with Gasteiger partial charge in [0.2, 0.25) is 0 Å². The molecular formula is C11H21NO5. The molecule has 1 fully saturated rings. The zero-order valence-electron chi connectivity index (χ0n) is 10.8. The van der Waals surface area contributed by atoms with Crippen LogP contribution in [0.15, 0.2) is 0 Å². The minimum atomic E-state index is -0.544. The van der Waals surface area contributed by atoms with E-state index in [1.165, 1.54) is 12.0 Å². The highest BCUT2D eigenvalue weighted by atomic mass is 17.2. The quantitative estimate of drug-likeness (QED) is 0.593. The first-order valence-electron chi connectivity index (χ1n) is 5.67. The number of β-amino-alcohol motifs (C(OH)–C–C–N with tert-alkyl or cyclic N) is 1. The lowest BCUT2D eigenvalue weighted by Crippen LogP contribution is -2.42. The Kier molecular flexibility index (Phi) is 4.73. The fraction of sp³-hybridized carbons (Fsp3) is 0.909. The molecule has 0 aliphatic carbocycles. The summed E-state index contributed by atoms with van der Waals surface area (Å²) in [5.41, 5.74) is -0.544. The molecule has 1 saturated heterocycles. The molecule has 17 heavy (non-hydrogen) atoms. The molecule has 0 bridgehead atoms. The second kappa shape index (κ2) is 5.66. The monoisotopic (exact) mass is 247 g/mol. The summed E-state index contributed by atoms with van der Waals surface area (Å²) >= 11 is 0. The number of aliphatic hydroxyl groups excluding tert-OH is 1. The summed E-state index contributed by atoms with van der Waals surface area (Å²) in [6, 6.07) is -0.209. The average molecular weight is 247 g/mol. The molecular weight excluding hydrogens is 226 g/mol. The van der Waals surface area contributed by atoms with Crippen LogP contribution in [0, 0.1) is 0 Å². The molecule has 100 valence electrons. The smallest absolute Gasteiger partial charge is 0.410 e. The number of amides is 1. The fourth-order valence-electron chi connectivity index (χ4n) is 1.74. The van der Waals surface area contributed by atoms with Gasteiger partial charge in [-0.15, -0.1) is 0 Å². The number of hydrogen-bond acceptors (Lipinski definition) is 5. The molecule has 1 aliphatic rings. The third-order valence-electron chi connectivity index (χ3n) is 2.40. The van der Waals surface area contributed by atoms with E-state index in [0.717, 1.165) is 0 Å². The van der Waals surface area contributed by atoms with Crippen LogP contribution in [-0.2, 0) is 14.5 Å². The van der Waals surface area contributed by atoms with Crippen molar-refractivity contribution < 1.29 is 24.4 Å². The summed E-state index contributed by atoms with van der Waals surface area (Å²) < 4.78 is 5.26. The predicted molar refractivity (Wildman–Crippen MR) is 60.3 cm³/mol. The van der Waals surface area contributed by atoms with Gasteiger partial charge in [0.15, 0.2) is 0 Å². The van der Waals surface area contributed by atoms with Crippen LogP contribution in [0.1, 0.15) is 27.2 Å². The molecule has 0 unspecified atom stereocenters. The van der Waals surface area contributed by atoms with Crippen molar-refractivity contribution in [2.45, 2.75) is 44.9 Å². The zero-order valence-corrected chi connectivity index (χ0v) is 10.8. The molecule has 0 aromatic rings. The van der Waals surface area contributed by atoms with E-state index in [1.807, 2.05) is 0 Å². The molecule has 0 radical (unpaired) electrons. The maximum Gasteiger partial charge on any atom is 0.410 e. The second-order valence-corrected chi connectivity index (χ2v) is 5.13. The van der Waals surface area contributed by atoms with Crippen molar-refractivity contribution in [2.75, 3.05) is 20.3 Å². The van der Waals surface area contributed by atoms with Crippen LogP contribution >= 0.6 is 0 Å². The Labute approximate surface area is 101 Å². The summed E-state index contributed by atoms with van der Waals surface area (Å²) in [4.78, 5) is 22.7. The Balaban J connectivity index is 2.57. The SMILES string of the molecule is COOC[C@@H]1C[C@@H](O)CN1C(=O)OC(C)(C)C. The van der Waals surface area contributed by atoms with Crippen LogP contribution in [0.4, 0.5) is 4.79 Å². The summed E-state index contributed by atoms with van der Waals surface area (Å²) in [7, 11) is 1.41. The van der Waals surface area contributed by atoms with Gasteiger partial charge in [0.05, 0.1) is 25.8 Å². The highest BCUT2D eigenvalue weighted by molar-refractivity contribution is 5.69. The zero-order chi connectivity index (χ0) is 13.1. The minimum absolute atomic E-state index is 0.209. The van der Waals surface area contributed by atoms with Crippen molar-refractivity contribution >= 4 is 6.09 Å². The van der Waals surface area contributed by atoms with Gasteiger partial charge in [-0.05, 0) is 27.2 Å². The van der Waals surface area contributed by atoms with Gasteiger partial charge in [-0.2, -0.15) is 0 Å². The molecule has 1 amide bonds. The molecule has 1 rings (SSSR count). The summed E-state index contributed by atoms with van der Waals surface area (Å²) in [5, 5.41) is 9.57. The van der Waals surface area contributed by atoms with Gasteiger partial charge in [0.1, 0.15) is 12.2 Å². The molecule has 0 saturated carbocycles. The standard InChI is InChI=1S/C11H21NO5/c1-11(2,3)17-10(14)12-6-9(13)5-8(12)7-16-15-4/h8-9,13H,5-7H2,1-4H3/t8-,9+/m0/s1. The Morgan fingerprint density at radius 3 is 2.65 bits per heavy atom. The van der Waals surface area contributed by atoms with Gasteiger partial charge in [0.25, 0.3) is 0 Å². The highest BCUT2D eigenvalue weighted by Crippen LogP contribution is 2.21. The van der Waals surface area contributed by atoms with E-state index in [4.69, 9.17) is 9.62 Å². The highest BCUT2D eigenvalue weighted by Gasteiger charge is 2.37. The third-order valence-corrected chi connectivity index (χ3v) is 2.40. The van der Waals surface area contributed by atoms with Crippen molar-refractivity contribution in [3.63, 3.8) is 0 Å². The van der Waals surface area contributed by atoms with E-state index in [-0.39, 0.29) is 19.2 Å². The Morgan fingerprint density at radius 2 is 2.12 bits per heavy atom. The first-order valence-corrected chi connectivity index (χ1v) is 5.67. The van der Waals surface area contributed by atoms with Gasteiger partial charge in [0, 0.05) is 0 Å². The molecule has 6 nitrogen and oxygen atoms in total. The van der Waals surface area contributed by atoms with Crippen molar-refractivity contribution in [3.8, 4) is 0 Å². The predicted octanol–water partition coefficient (Wildman–Crippen LogP) is 0.935. The first-order chi connectivity index (χ1) is 7.83. The third kappa shape index (κ3) is 4.49. The van der Waals surface area contributed by atoms with E-state index in [2.05, 4.69) is 4.89 Å². The molecule has 1 heterocycles. The maximum atomic E-state index is 11.9. The van der Waals surface area contributed by atoms with Gasteiger partial charge in [-0.25, -0.2) is 14.6 Å². The molecule has 1 aliphatic heterocycles. The van der Waals surface area contributed by atoms with E-state index < -0.39 is 17.8 Å². The number of carbonyl (C=O) groups is 1. The van der Waals surface area contributed by atoms with Crippen LogP contribution in [-0.4, -0.2) is 54.1 Å². The Morgan fingerprint density at radius 1 is 1.47 bits per heavy atom. The van der Waals surface area contributed by atoms with E-state index >= 15 is 0 Å². The van der Waals surface area contributed by atoms with Crippen LogP contribution < -0.4 is 0 Å². The molecule has 2 atom stereocenters. The van der Waals surface area contributed by atoms with Crippen molar-refractivity contribution in [1.29, 1.82) is 0 Å². The number of rotatable bonds is 3. The molecule has 1 N–H and O–H groups in total. The Hall–Kier alpha value is -0.850. The number of carbonyl (C=O) groups excluding carboxylic acids is 1. The number of likely N-dealkylation sites (tertiary alicyclic amines) is 1. The molecule has 0 spiro atoms. The lowest BCUT2D eigenvalue weighted by molar-refractivity contribution is -0.278. The van der Waals surface area contributed by atoms with Gasteiger partial charge in [-0.1, -0.05) is 0 Å². The Bertz CT molecular complexity index is 263. The van der Waals surface area contributed by atoms with Crippen LogP contribution in [0.5, 0.6) is 0 Å². The van der Waals surface area contributed by atoms with Crippen LogP contribution in [0.3, 0.4) is 0 Å². The van der Waals surface area contributed by atoms with Crippen LogP contribution in [0.2, 0.25) is 0 Å². The number of nitrogens with zero attached hydrogens (tertiary/aromatic N) is 1. The number of hydrogen-bond donors (Lipinski definition) is 1. The topological polar surface area (TPSA) is 68.2 Å². The molecule has 6 heteroatoms. The van der Waals surface area contributed by atoms with E-state index in [0.29, 0.717) is 6.42 Å². The number of aliphatic hydroxyl groups is 1. The lowest BCUT2D eigenvalue weighted by atomic mass is 10.2. The van der Waals surface area contributed by atoms with Crippen molar-refractivity contribution in [1.82, 2.24) is 4.90 Å². The number of ether oxygens (including phenoxy) is 1. The van der Waals surface area contributed by atoms with Crippen molar-refractivity contribution in [2.24, 2.45) is 0 Å². The lowest BCUT2D eigenvalue weighted by Gasteiger charge is -2.27. The average Bonchev–Trinajstić information content (AvgIpc) is 2.54. The van der Waals surface area contributed by atoms with Gasteiger partial charge >= 0.3 is 6.09 Å². The second-order valence-electron chi connectivity index (χ2n) is 5.13. The fourth-order valence-corrected chi connectivity index (χ4v) is 1.74. The van der Waals surface area contributed by atoms with E-state index in [1.54, 1.807) is 20.8 Å². The molecule has 0 aromatic heterocycles. The summed E-state index contributed by atoms with van der Waals surface area (Å²) in [6.45, 7) is 5.91. The largest absolute Gasteiger partial charge is 0.444 e. The van der Waals surface area contributed by atoms with Crippen molar-refractivity contribution in [3.05, 3.63) is 0 Å². The van der Waals surface area contributed by atoms with Gasteiger partial charge < -0.3 is 14.7 Å². The summed E-state index contributed by atoms with van der Waals surface area (Å²) in [5.74, 6) is 0. The minimum Gasteiger partial charge on any atom is -0.444 e.